The summed E-state index contributed by atoms with van der Waals surface area (Å²) in [7, 11) is 0. The quantitative estimate of drug-likeness (QED) is 0.0922. The van der Waals surface area contributed by atoms with Crippen molar-refractivity contribution in [1.29, 1.82) is 0 Å². The zero-order valence-electron chi connectivity index (χ0n) is 25.0. The number of carbonyl (C=O) groups excluding carboxylic acids is 3. The van der Waals surface area contributed by atoms with Gasteiger partial charge >= 0.3 is 22.5 Å². The van der Waals surface area contributed by atoms with Crippen molar-refractivity contribution in [3.05, 3.63) is 91.5 Å². The molecule has 1 aliphatic carbocycles. The molecule has 2 aliphatic heterocycles. The number of allylic oxidation sites excluding steroid dienone is 1. The van der Waals surface area contributed by atoms with E-state index in [0.717, 1.165) is 64.1 Å². The molecule has 5 rings (SSSR count). The summed E-state index contributed by atoms with van der Waals surface area (Å²) in [5, 5.41) is 2.73. The third-order valence-electron chi connectivity index (χ3n) is 8.39. The lowest BCUT2D eigenvalue weighted by molar-refractivity contribution is -0.140. The largest absolute Gasteiger partial charge is 0.458 e. The maximum Gasteiger partial charge on any atom is 0.341 e. The number of aromatic nitrogens is 2. The summed E-state index contributed by atoms with van der Waals surface area (Å²) >= 11 is 3.17. The summed E-state index contributed by atoms with van der Waals surface area (Å²) in [6, 6.07) is 7.25. The maximum absolute atomic E-state index is 12.5. The van der Waals surface area contributed by atoms with Crippen molar-refractivity contribution < 1.29 is 28.6 Å². The highest BCUT2D eigenvalue weighted by Crippen LogP contribution is 2.49. The van der Waals surface area contributed by atoms with Gasteiger partial charge in [-0.3, -0.25) is 9.59 Å². The molecule has 0 saturated carbocycles. The molecule has 13 heteroatoms. The van der Waals surface area contributed by atoms with Gasteiger partial charge in [0.2, 0.25) is 5.91 Å². The van der Waals surface area contributed by atoms with Gasteiger partial charge in [-0.15, -0.1) is 0 Å². The van der Waals surface area contributed by atoms with Crippen LogP contribution in [-0.2, 0) is 48.2 Å². The first kappa shape index (κ1) is 33.1. The number of alkyl halides is 1. The Labute approximate surface area is 278 Å². The fourth-order valence-electron chi connectivity index (χ4n) is 5.67. The summed E-state index contributed by atoms with van der Waals surface area (Å²) in [6.45, 7) is 6.97. The van der Waals surface area contributed by atoms with Gasteiger partial charge in [0.15, 0.2) is 0 Å². The number of fused-ring (bicyclic) bond motifs is 3. The number of aryl methyl sites for hydroxylation is 1. The first-order chi connectivity index (χ1) is 21.6. The minimum atomic E-state index is -0.635. The Morgan fingerprint density at radius 1 is 1.20 bits per heavy atom. The van der Waals surface area contributed by atoms with Crippen molar-refractivity contribution in [2.45, 2.75) is 76.5 Å². The molecule has 0 radical (unpaired) electrons. The second kappa shape index (κ2) is 14.4. The zero-order chi connectivity index (χ0) is 32.1. The normalized spacial score (nSPS) is 25.6. The fraction of sp³-hybridized carbons (Fsp3) is 0.469. The number of hydrogen-bond donors (Lipinski definition) is 1. The van der Waals surface area contributed by atoms with Gasteiger partial charge in [-0.05, 0) is 55.7 Å². The molecule has 1 aromatic carbocycles. The smallest absolute Gasteiger partial charge is 0.341 e. The Hall–Kier alpha value is -3.30. The second-order valence-corrected chi connectivity index (χ2v) is 13.7. The molecular formula is C32H36IN3O8S. The highest BCUT2D eigenvalue weighted by atomic mass is 127. The molecule has 0 spiro atoms. The minimum absolute atomic E-state index is 0.0839. The average Bonchev–Trinajstić information content (AvgIpc) is 3.52. The number of nitrogens with zero attached hydrogens (tertiary/aromatic N) is 2. The van der Waals surface area contributed by atoms with Crippen molar-refractivity contribution in [2.24, 2.45) is 5.92 Å². The maximum atomic E-state index is 12.5. The number of halogens is 1. The number of hydrogen-bond acceptors (Lipinski definition) is 9. The van der Waals surface area contributed by atoms with E-state index in [-0.39, 0.29) is 60.0 Å². The van der Waals surface area contributed by atoms with Crippen LogP contribution < -0.4 is 15.9 Å². The lowest BCUT2D eigenvalue weighted by Crippen LogP contribution is -2.29. The Morgan fingerprint density at radius 3 is 2.71 bits per heavy atom. The van der Waals surface area contributed by atoms with Gasteiger partial charge in [-0.2, -0.15) is 0 Å². The summed E-state index contributed by atoms with van der Waals surface area (Å²) in [5.74, 6) is -1.60. The topological polar surface area (TPSA) is 138 Å². The number of esters is 2. The van der Waals surface area contributed by atoms with Crippen LogP contribution in [0.3, 0.4) is 0 Å². The van der Waals surface area contributed by atoms with Crippen LogP contribution in [0.2, 0.25) is 0 Å². The summed E-state index contributed by atoms with van der Waals surface area (Å²) in [5.41, 5.74) is 2.37. The Balaban J connectivity index is 1.07. The average molecular weight is 750 g/mol. The van der Waals surface area contributed by atoms with Gasteiger partial charge in [0, 0.05) is 52.7 Å². The molecule has 3 aliphatic rings. The lowest BCUT2D eigenvalue weighted by Gasteiger charge is -2.20. The van der Waals surface area contributed by atoms with E-state index in [0.29, 0.717) is 25.0 Å². The first-order valence-corrected chi connectivity index (χ1v) is 17.2. The van der Waals surface area contributed by atoms with Crippen LogP contribution in [0.25, 0.3) is 0 Å². The molecule has 1 amide bonds. The van der Waals surface area contributed by atoms with Gasteiger partial charge in [-0.1, -0.05) is 59.5 Å². The molecule has 2 saturated heterocycles. The Kier molecular flexibility index (Phi) is 10.6. The van der Waals surface area contributed by atoms with E-state index >= 15 is 0 Å². The first-order valence-electron chi connectivity index (χ1n) is 14.9. The lowest BCUT2D eigenvalue weighted by atomic mass is 9.84. The number of epoxide rings is 1. The highest BCUT2D eigenvalue weighted by Gasteiger charge is 2.61. The molecule has 0 unspecified atom stereocenters. The van der Waals surface area contributed by atoms with E-state index in [1.165, 1.54) is 8.52 Å². The van der Waals surface area contributed by atoms with E-state index in [1.54, 1.807) is 0 Å². The van der Waals surface area contributed by atoms with Crippen LogP contribution >= 0.6 is 34.1 Å². The van der Waals surface area contributed by atoms with E-state index in [9.17, 15) is 24.0 Å². The SMILES string of the molecule is C=C1C(=O)O[C@H]2[C@H]1CC/C(COC(=O)/C=C\C(=O)NCc1ccc(Cn3c(=O)sn(CCCI)c3=O)cc1)=C\CC[C@@]1(C)O[C@@H]21. The molecule has 2 fully saturated rings. The number of amides is 1. The molecular weight excluding hydrogens is 713 g/mol. The van der Waals surface area contributed by atoms with Gasteiger partial charge in [0.25, 0.3) is 0 Å². The molecule has 2 aromatic rings. The number of benzene rings is 1. The van der Waals surface area contributed by atoms with Crippen molar-refractivity contribution in [3.63, 3.8) is 0 Å². The van der Waals surface area contributed by atoms with Gasteiger partial charge in [0.05, 0.1) is 12.1 Å². The van der Waals surface area contributed by atoms with Crippen molar-refractivity contribution in [2.75, 3.05) is 11.0 Å². The predicted molar refractivity (Wildman–Crippen MR) is 176 cm³/mol. The predicted octanol–water partition coefficient (Wildman–Crippen LogP) is 3.42. The summed E-state index contributed by atoms with van der Waals surface area (Å²) in [4.78, 5) is 61.3. The molecule has 1 N–H and O–H groups in total. The van der Waals surface area contributed by atoms with Crippen molar-refractivity contribution >= 4 is 52.0 Å². The third kappa shape index (κ3) is 8.11. The summed E-state index contributed by atoms with van der Waals surface area (Å²) in [6.07, 6.45) is 7.43. The van der Waals surface area contributed by atoms with Gasteiger partial charge < -0.3 is 19.5 Å². The molecule has 240 valence electrons. The van der Waals surface area contributed by atoms with Crippen molar-refractivity contribution in [3.8, 4) is 0 Å². The monoisotopic (exact) mass is 749 g/mol. The van der Waals surface area contributed by atoms with E-state index in [2.05, 4.69) is 40.6 Å². The number of nitrogens with one attached hydrogen (secondary N) is 1. The molecule has 0 bridgehead atoms. The van der Waals surface area contributed by atoms with Crippen LogP contribution in [0.5, 0.6) is 0 Å². The fourth-order valence-corrected chi connectivity index (χ4v) is 6.84. The number of ether oxygens (including phenoxy) is 3. The highest BCUT2D eigenvalue weighted by molar-refractivity contribution is 14.1. The van der Waals surface area contributed by atoms with Crippen molar-refractivity contribution in [1.82, 2.24) is 13.8 Å². The third-order valence-corrected chi connectivity index (χ3v) is 10.1. The van der Waals surface area contributed by atoms with E-state index in [4.69, 9.17) is 14.2 Å². The molecule has 4 atom stereocenters. The van der Waals surface area contributed by atoms with Gasteiger partial charge in [0.1, 0.15) is 18.8 Å². The van der Waals surface area contributed by atoms with Gasteiger partial charge in [-0.25, -0.2) is 22.9 Å². The van der Waals surface area contributed by atoms with Crippen LogP contribution in [-0.4, -0.2) is 55.2 Å². The zero-order valence-corrected chi connectivity index (χ0v) is 28.0. The Bertz CT molecular complexity index is 1640. The standard InChI is InChI=1S/C32H36IN3O8S/c1-20-24-11-10-23(5-3-14-32(2)28(44-32)27(24)43-29(20)39)19-42-26(38)13-12-25(37)34-17-21-6-8-22(9-7-21)18-35-30(40)36(16-4-15-33)45-31(35)41/h5-9,12-13,24,27-28H,1,3-4,10-11,14-19H2,2H3,(H,34,37)/b13-12-,23-5+/t24-,27-,28-,32+/m0/s1. The molecule has 45 heavy (non-hydrogen) atoms. The number of carbonyl (C=O) groups is 3. The van der Waals surface area contributed by atoms with Crippen LogP contribution in [0.1, 0.15) is 50.2 Å². The van der Waals surface area contributed by atoms with Crippen LogP contribution in [0.15, 0.2) is 69.8 Å². The molecule has 11 nitrogen and oxygen atoms in total. The van der Waals surface area contributed by atoms with E-state index in [1.807, 2.05) is 31.2 Å². The van der Waals surface area contributed by atoms with Crippen LogP contribution in [0, 0.1) is 5.92 Å². The number of rotatable bonds is 11. The second-order valence-electron chi connectivity index (χ2n) is 11.6. The minimum Gasteiger partial charge on any atom is -0.458 e. The van der Waals surface area contributed by atoms with Crippen LogP contribution in [0.4, 0.5) is 0 Å². The Morgan fingerprint density at radius 2 is 1.96 bits per heavy atom. The molecule has 3 heterocycles. The van der Waals surface area contributed by atoms with E-state index < -0.39 is 11.9 Å². The summed E-state index contributed by atoms with van der Waals surface area (Å²) < 4.78 is 20.5. The molecule has 1 aromatic heterocycles.